The van der Waals surface area contributed by atoms with Crippen molar-refractivity contribution in [3.05, 3.63) is 77.2 Å². The summed E-state index contributed by atoms with van der Waals surface area (Å²) < 4.78 is 2.21. The summed E-state index contributed by atoms with van der Waals surface area (Å²) >= 11 is 5.97. The molecule has 176 valence electrons. The molecule has 2 bridgehead atoms. The van der Waals surface area contributed by atoms with Gasteiger partial charge in [0, 0.05) is 22.5 Å². The number of hydrogen-bond acceptors (Lipinski definition) is 3. The maximum Gasteiger partial charge on any atom is 0.226 e. The van der Waals surface area contributed by atoms with E-state index in [1.807, 2.05) is 36.8 Å². The molecule has 3 fully saturated rings. The monoisotopic (exact) mass is 475 g/mol. The third-order valence-corrected chi connectivity index (χ3v) is 9.16. The summed E-state index contributed by atoms with van der Waals surface area (Å²) in [5.74, 6) is 0.165. The fraction of sp³-hybridized carbons (Fsp3) is 0.429. The number of nitrogens with zero attached hydrogens (tertiary/aromatic N) is 2. The molecule has 34 heavy (non-hydrogen) atoms. The number of carbonyl (C=O) groups is 1. The van der Waals surface area contributed by atoms with Crippen molar-refractivity contribution in [2.24, 2.45) is 10.8 Å². The summed E-state index contributed by atoms with van der Waals surface area (Å²) in [6.45, 7) is 0.528. The molecule has 0 saturated heterocycles. The van der Waals surface area contributed by atoms with Crippen molar-refractivity contribution in [2.45, 2.75) is 63.6 Å². The van der Waals surface area contributed by atoms with Crippen LogP contribution in [0, 0.1) is 10.8 Å². The summed E-state index contributed by atoms with van der Waals surface area (Å²) in [5.41, 5.74) is 4.31. The molecule has 0 radical (unpaired) electrons. The number of halogens is 1. The highest BCUT2D eigenvalue weighted by molar-refractivity contribution is 6.30. The molecular weight excluding hydrogens is 446 g/mol. The number of nitrogens with one attached hydrogen (secondary N) is 1. The lowest BCUT2D eigenvalue weighted by atomic mass is 9.51. The van der Waals surface area contributed by atoms with Crippen molar-refractivity contribution < 1.29 is 9.90 Å². The Kier molecular flexibility index (Phi) is 5.30. The number of aromatic nitrogens is 2. The van der Waals surface area contributed by atoms with Gasteiger partial charge in [-0.3, -0.25) is 4.79 Å². The largest absolute Gasteiger partial charge is 0.392 e. The molecule has 6 heteroatoms. The Bertz CT molecular complexity index is 1190. The number of aliphatic hydroxyl groups excluding tert-OH is 1. The molecule has 5 nitrogen and oxygen atoms in total. The molecule has 1 aliphatic heterocycles. The number of fused-ring (bicyclic) bond motifs is 6. The van der Waals surface area contributed by atoms with Gasteiger partial charge in [-0.2, -0.15) is 0 Å². The number of hydrogen-bond donors (Lipinski definition) is 2. The number of benzene rings is 2. The van der Waals surface area contributed by atoms with Gasteiger partial charge in [-0.25, -0.2) is 4.98 Å². The van der Waals surface area contributed by atoms with Crippen LogP contribution in [0.1, 0.15) is 62.1 Å². The van der Waals surface area contributed by atoms with Crippen LogP contribution in [0.5, 0.6) is 0 Å². The fourth-order valence-corrected chi connectivity index (χ4v) is 6.79. The first-order valence-electron chi connectivity index (χ1n) is 12.3. The van der Waals surface area contributed by atoms with Gasteiger partial charge < -0.3 is 15.0 Å². The van der Waals surface area contributed by atoms with Crippen LogP contribution in [-0.2, 0) is 11.3 Å². The second-order valence-corrected chi connectivity index (χ2v) is 10.9. The average Bonchev–Trinajstić information content (AvgIpc) is 3.47. The SMILES string of the molecule is O=C(NCc1ccc(Cl)cc1)C12CCC(C(O)CC3c4ccccc4-c4cncn43)(CC1)CC2. The molecule has 2 unspecified atom stereocenters. The molecule has 2 atom stereocenters. The lowest BCUT2D eigenvalue weighted by molar-refractivity contribution is -0.148. The lowest BCUT2D eigenvalue weighted by Crippen LogP contribution is -2.53. The third-order valence-electron chi connectivity index (χ3n) is 8.90. The Labute approximate surface area is 205 Å². The van der Waals surface area contributed by atoms with E-state index in [0.717, 1.165) is 49.8 Å². The zero-order chi connectivity index (χ0) is 23.3. The molecule has 2 aromatic carbocycles. The van der Waals surface area contributed by atoms with Crippen molar-refractivity contribution >= 4 is 17.5 Å². The summed E-state index contributed by atoms with van der Waals surface area (Å²) in [7, 11) is 0. The minimum absolute atomic E-state index is 0.0868. The first kappa shape index (κ1) is 21.9. The van der Waals surface area contributed by atoms with Gasteiger partial charge in [0.15, 0.2) is 0 Å². The van der Waals surface area contributed by atoms with Gasteiger partial charge in [0.1, 0.15) is 0 Å². The van der Waals surface area contributed by atoms with Crippen LogP contribution in [0.25, 0.3) is 11.3 Å². The van der Waals surface area contributed by atoms with Crippen molar-refractivity contribution in [3.63, 3.8) is 0 Å². The van der Waals surface area contributed by atoms with Gasteiger partial charge >= 0.3 is 0 Å². The Morgan fingerprint density at radius 1 is 1.09 bits per heavy atom. The van der Waals surface area contributed by atoms with Gasteiger partial charge in [-0.1, -0.05) is 48.0 Å². The summed E-state index contributed by atoms with van der Waals surface area (Å²) in [6.07, 6.45) is 9.40. The molecule has 0 spiro atoms. The summed E-state index contributed by atoms with van der Waals surface area (Å²) in [4.78, 5) is 17.6. The quantitative estimate of drug-likeness (QED) is 0.493. The highest BCUT2D eigenvalue weighted by Gasteiger charge is 2.55. The molecule has 1 amide bonds. The smallest absolute Gasteiger partial charge is 0.226 e. The summed E-state index contributed by atoms with van der Waals surface area (Å²) in [5, 5.41) is 15.4. The molecule has 3 saturated carbocycles. The highest BCUT2D eigenvalue weighted by Crippen LogP contribution is 2.59. The second-order valence-electron chi connectivity index (χ2n) is 10.5. The Morgan fingerprint density at radius 2 is 1.79 bits per heavy atom. The molecule has 7 rings (SSSR count). The van der Waals surface area contributed by atoms with Crippen LogP contribution in [-0.4, -0.2) is 26.7 Å². The number of imidazole rings is 1. The first-order chi connectivity index (χ1) is 16.5. The van der Waals surface area contributed by atoms with Crippen molar-refractivity contribution in [2.75, 3.05) is 0 Å². The zero-order valence-electron chi connectivity index (χ0n) is 19.2. The molecule has 3 aromatic rings. The maximum atomic E-state index is 13.2. The maximum absolute atomic E-state index is 13.2. The number of rotatable bonds is 6. The average molecular weight is 476 g/mol. The van der Waals surface area contributed by atoms with E-state index in [-0.39, 0.29) is 22.8 Å². The molecule has 3 aliphatic carbocycles. The standard InChI is InChI=1S/C28H30ClN3O2/c29-20-7-5-19(6-8-20)16-31-26(34)28-12-9-27(10-13-28,11-14-28)25(33)15-23-21-3-1-2-4-22(21)24-17-30-18-32(23)24/h1-8,17-18,23,25,33H,9-16H2,(H,31,34). The van der Waals surface area contributed by atoms with Gasteiger partial charge in [-0.15, -0.1) is 0 Å². The van der Waals surface area contributed by atoms with E-state index in [9.17, 15) is 9.90 Å². The summed E-state index contributed by atoms with van der Waals surface area (Å²) in [6, 6.07) is 16.2. The predicted molar refractivity (Wildman–Crippen MR) is 132 cm³/mol. The molecule has 2 N–H and O–H groups in total. The molecule has 4 aliphatic rings. The Morgan fingerprint density at radius 3 is 2.53 bits per heavy atom. The van der Waals surface area contributed by atoms with Crippen LogP contribution >= 0.6 is 11.6 Å². The topological polar surface area (TPSA) is 67.2 Å². The van der Waals surface area contributed by atoms with E-state index in [2.05, 4.69) is 39.1 Å². The van der Waals surface area contributed by atoms with Gasteiger partial charge in [0.25, 0.3) is 0 Å². The van der Waals surface area contributed by atoms with Crippen LogP contribution in [0.3, 0.4) is 0 Å². The van der Waals surface area contributed by atoms with Gasteiger partial charge in [0.05, 0.1) is 30.4 Å². The van der Waals surface area contributed by atoms with E-state index >= 15 is 0 Å². The van der Waals surface area contributed by atoms with E-state index in [1.165, 1.54) is 11.1 Å². The van der Waals surface area contributed by atoms with Crippen LogP contribution in [0.2, 0.25) is 5.02 Å². The van der Waals surface area contributed by atoms with Crippen molar-refractivity contribution in [1.29, 1.82) is 0 Å². The van der Waals surface area contributed by atoms with E-state index in [0.29, 0.717) is 18.0 Å². The predicted octanol–water partition coefficient (Wildman–Crippen LogP) is 5.51. The molecule has 1 aromatic heterocycles. The van der Waals surface area contributed by atoms with Crippen molar-refractivity contribution in [1.82, 2.24) is 14.9 Å². The van der Waals surface area contributed by atoms with Gasteiger partial charge in [-0.05, 0) is 73.6 Å². The van der Waals surface area contributed by atoms with E-state index in [4.69, 9.17) is 11.6 Å². The molecular formula is C28H30ClN3O2. The Hall–Kier alpha value is -2.63. The number of amides is 1. The normalized spacial score (nSPS) is 27.8. The minimum atomic E-state index is -0.394. The lowest BCUT2D eigenvalue weighted by Gasteiger charge is -2.54. The van der Waals surface area contributed by atoms with E-state index in [1.54, 1.807) is 0 Å². The third kappa shape index (κ3) is 3.48. The molecule has 2 heterocycles. The zero-order valence-corrected chi connectivity index (χ0v) is 20.0. The fourth-order valence-electron chi connectivity index (χ4n) is 6.66. The van der Waals surface area contributed by atoms with Crippen molar-refractivity contribution in [3.8, 4) is 11.3 Å². The van der Waals surface area contributed by atoms with Gasteiger partial charge in [0.2, 0.25) is 5.91 Å². The van der Waals surface area contributed by atoms with Crippen LogP contribution in [0.15, 0.2) is 61.1 Å². The second kappa shape index (κ2) is 8.24. The Balaban J connectivity index is 1.12. The first-order valence-corrected chi connectivity index (χ1v) is 12.7. The highest BCUT2D eigenvalue weighted by atomic mass is 35.5. The van der Waals surface area contributed by atoms with Crippen LogP contribution in [0.4, 0.5) is 0 Å². The van der Waals surface area contributed by atoms with Crippen LogP contribution < -0.4 is 5.32 Å². The van der Waals surface area contributed by atoms with E-state index < -0.39 is 6.10 Å². The minimum Gasteiger partial charge on any atom is -0.392 e. The number of aliphatic hydroxyl groups is 1. The number of carbonyl (C=O) groups excluding carboxylic acids is 1.